The van der Waals surface area contributed by atoms with Gasteiger partial charge in [0, 0.05) is 14.6 Å². The highest BCUT2D eigenvalue weighted by molar-refractivity contribution is 5.69. The molecule has 0 rings (SSSR count). The molecule has 0 saturated heterocycles. The first kappa shape index (κ1) is 11.1. The average Bonchev–Trinajstić information content (AvgIpc) is 2.57. The summed E-state index contributed by atoms with van der Waals surface area (Å²) in [5.74, 6) is -0.940. The Bertz CT molecular complexity index is 405. The number of hydrogen-bond acceptors (Lipinski definition) is 2. The van der Waals surface area contributed by atoms with Gasteiger partial charge in [0.05, 0.1) is 7.45 Å². The summed E-state index contributed by atoms with van der Waals surface area (Å²) >= 11 is 0. The van der Waals surface area contributed by atoms with Gasteiger partial charge in [-0.25, -0.2) is 0 Å². The molecule has 0 aliphatic heterocycles. The highest BCUT2D eigenvalue weighted by Gasteiger charge is 2.04. The van der Waals surface area contributed by atoms with E-state index in [0.29, 0.717) is 6.42 Å². The molecular weight excluding hydrogens is 260 g/mol. The van der Waals surface area contributed by atoms with Gasteiger partial charge in [0.25, 0.3) is 0 Å². The Balaban J connectivity index is 3.80. The second-order valence-corrected chi connectivity index (χ2v) is 5.80. The third-order valence-electron chi connectivity index (χ3n) is 3.70. The van der Waals surface area contributed by atoms with Gasteiger partial charge in [-0.2, -0.15) is 0 Å². The molecule has 0 atom stereocenters. The monoisotopic (exact) mass is 305 g/mol. The summed E-state index contributed by atoms with van der Waals surface area (Å²) in [6.07, 6.45) is 11.7. The van der Waals surface area contributed by atoms with Crippen LogP contribution in [0.3, 0.4) is 0 Å². The first-order chi connectivity index (χ1) is 13.0. The summed E-state index contributed by atoms with van der Waals surface area (Å²) in [5, 5.41) is 0. The van der Waals surface area contributed by atoms with Gasteiger partial charge in [-0.1, -0.05) is 84.0 Å². The number of unbranched alkanes of at least 4 members (excludes halogenated alkanes) is 12. The normalized spacial score (nSPS) is 17.7. The van der Waals surface area contributed by atoms with Crippen LogP contribution in [0.5, 0.6) is 0 Å². The van der Waals surface area contributed by atoms with Gasteiger partial charge in [0.1, 0.15) is 0 Å². The zero-order valence-corrected chi connectivity index (χ0v) is 13.7. The predicted molar refractivity (Wildman–Crippen MR) is 91.5 cm³/mol. The van der Waals surface area contributed by atoms with Crippen molar-refractivity contribution in [2.45, 2.75) is 117 Å². The Hall–Kier alpha value is -0.530. The minimum atomic E-state index is -3.23. The molecule has 0 spiro atoms. The van der Waals surface area contributed by atoms with E-state index < -0.39 is 25.8 Å². The Labute approximate surface area is 142 Å². The predicted octanol–water partition coefficient (Wildman–Crippen LogP) is 6.42. The number of carbonyl (C=O) groups excluding carboxylic acids is 1. The van der Waals surface area contributed by atoms with Crippen LogP contribution in [0.15, 0.2) is 0 Å². The van der Waals surface area contributed by atoms with Crippen LogP contribution in [0.25, 0.3) is 0 Å². The number of hydrogen-bond donors (Lipinski definition) is 0. The number of carbonyl (C=O) groups is 1. The summed E-state index contributed by atoms with van der Waals surface area (Å²) in [6.45, 7) is -4.24. The topological polar surface area (TPSA) is 26.3 Å². The SMILES string of the molecule is [2H]C([2H])([2H])C([2H])(OC(=O)CCCCCCCCCCCCCCC)C([2H])([2H])[2H]. The van der Waals surface area contributed by atoms with Crippen molar-refractivity contribution >= 4 is 5.97 Å². The van der Waals surface area contributed by atoms with Crippen LogP contribution >= 0.6 is 0 Å². The van der Waals surface area contributed by atoms with Gasteiger partial charge in [-0.05, 0) is 20.1 Å². The van der Waals surface area contributed by atoms with Crippen molar-refractivity contribution in [3.63, 3.8) is 0 Å². The lowest BCUT2D eigenvalue weighted by atomic mass is 10.0. The summed E-state index contributed by atoms with van der Waals surface area (Å²) in [5.41, 5.74) is 0. The molecule has 126 valence electrons. The quantitative estimate of drug-likeness (QED) is 0.258. The average molecular weight is 306 g/mol. The van der Waals surface area contributed by atoms with Crippen molar-refractivity contribution < 1.29 is 19.1 Å². The van der Waals surface area contributed by atoms with Crippen LogP contribution in [0.4, 0.5) is 0 Å². The fourth-order valence-electron chi connectivity index (χ4n) is 2.45. The van der Waals surface area contributed by atoms with Crippen molar-refractivity contribution in [1.82, 2.24) is 0 Å². The largest absolute Gasteiger partial charge is 0.463 e. The Morgan fingerprint density at radius 3 is 1.71 bits per heavy atom. The lowest BCUT2D eigenvalue weighted by Gasteiger charge is -2.07. The highest BCUT2D eigenvalue weighted by Crippen LogP contribution is 2.13. The van der Waals surface area contributed by atoms with Crippen LogP contribution in [0, 0.1) is 0 Å². The van der Waals surface area contributed by atoms with E-state index in [0.717, 1.165) is 19.3 Å². The molecule has 0 amide bonds. The maximum Gasteiger partial charge on any atom is 0.306 e. The van der Waals surface area contributed by atoms with Crippen LogP contribution in [0.1, 0.15) is 120 Å². The summed E-state index contributed by atoms with van der Waals surface area (Å²) in [7, 11) is 0. The van der Waals surface area contributed by atoms with E-state index in [4.69, 9.17) is 9.60 Å². The molecule has 0 fully saturated rings. The summed E-state index contributed by atoms with van der Waals surface area (Å²) < 4.78 is 55.6. The lowest BCUT2D eigenvalue weighted by Crippen LogP contribution is -2.10. The van der Waals surface area contributed by atoms with E-state index in [1.54, 1.807) is 0 Å². The first-order valence-corrected chi connectivity index (χ1v) is 8.67. The summed E-state index contributed by atoms with van der Waals surface area (Å²) in [4.78, 5) is 11.8. The number of esters is 1. The molecule has 0 heterocycles. The van der Waals surface area contributed by atoms with Crippen molar-refractivity contribution in [1.29, 1.82) is 0 Å². The van der Waals surface area contributed by atoms with E-state index in [1.807, 2.05) is 0 Å². The van der Waals surface area contributed by atoms with E-state index >= 15 is 0 Å². The van der Waals surface area contributed by atoms with Crippen molar-refractivity contribution in [3.05, 3.63) is 0 Å². The minimum Gasteiger partial charge on any atom is -0.463 e. The van der Waals surface area contributed by atoms with Crippen molar-refractivity contribution in [3.8, 4) is 0 Å². The van der Waals surface area contributed by atoms with Gasteiger partial charge in [-0.15, -0.1) is 0 Å². The van der Waals surface area contributed by atoms with Gasteiger partial charge in [-0.3, -0.25) is 4.79 Å². The van der Waals surface area contributed by atoms with Crippen LogP contribution in [-0.2, 0) is 9.53 Å². The van der Waals surface area contributed by atoms with Crippen molar-refractivity contribution in [2.75, 3.05) is 0 Å². The molecule has 0 aliphatic rings. The Kier molecular flexibility index (Phi) is 8.36. The van der Waals surface area contributed by atoms with Gasteiger partial charge in [0.15, 0.2) is 0 Å². The Morgan fingerprint density at radius 1 is 0.857 bits per heavy atom. The summed E-state index contributed by atoms with van der Waals surface area (Å²) in [6, 6.07) is 0. The van der Waals surface area contributed by atoms with Gasteiger partial charge in [0.2, 0.25) is 0 Å². The van der Waals surface area contributed by atoms with Gasteiger partial charge >= 0.3 is 5.97 Å². The zero-order chi connectivity index (χ0) is 21.7. The minimum absolute atomic E-state index is 0.0649. The van der Waals surface area contributed by atoms with E-state index in [9.17, 15) is 4.79 Å². The zero-order valence-electron chi connectivity index (χ0n) is 20.7. The van der Waals surface area contributed by atoms with E-state index in [-0.39, 0.29) is 6.42 Å². The Morgan fingerprint density at radius 2 is 1.29 bits per heavy atom. The lowest BCUT2D eigenvalue weighted by molar-refractivity contribution is -0.147. The molecule has 0 N–H and O–H groups in total. The molecule has 0 saturated carbocycles. The second-order valence-electron chi connectivity index (χ2n) is 5.80. The second kappa shape index (κ2) is 15.9. The third kappa shape index (κ3) is 17.4. The molecule has 0 unspecified atom stereocenters. The van der Waals surface area contributed by atoms with Crippen LogP contribution in [-0.4, -0.2) is 12.0 Å². The molecule has 0 aromatic heterocycles. The number of ether oxygens (including phenoxy) is 1. The van der Waals surface area contributed by atoms with E-state index in [2.05, 4.69) is 11.7 Å². The molecule has 0 radical (unpaired) electrons. The fraction of sp³-hybridized carbons (Fsp3) is 0.947. The standard InChI is InChI=1S/C19H38O2/c1-4-5-6-7-8-9-10-11-12-13-14-15-16-17-19(20)21-18(2)3/h18H,4-17H2,1-3H3/i2D3,3D3,18D. The first-order valence-electron chi connectivity index (χ1n) is 12.2. The van der Waals surface area contributed by atoms with Crippen LogP contribution in [0.2, 0.25) is 0 Å². The maximum absolute atomic E-state index is 11.8. The molecule has 0 aromatic carbocycles. The molecule has 21 heavy (non-hydrogen) atoms. The molecule has 2 heteroatoms. The third-order valence-corrected chi connectivity index (χ3v) is 3.70. The van der Waals surface area contributed by atoms with E-state index in [1.165, 1.54) is 57.8 Å². The number of rotatable bonds is 15. The highest BCUT2D eigenvalue weighted by atomic mass is 16.5. The molecular formula is C19H38O2. The molecule has 0 aromatic rings. The smallest absolute Gasteiger partial charge is 0.306 e. The molecule has 0 bridgehead atoms. The molecule has 0 aliphatic carbocycles. The van der Waals surface area contributed by atoms with Crippen LogP contribution < -0.4 is 0 Å². The van der Waals surface area contributed by atoms with Crippen molar-refractivity contribution in [2.24, 2.45) is 0 Å². The molecule has 2 nitrogen and oxygen atoms in total. The fourth-order valence-corrected chi connectivity index (χ4v) is 2.45. The maximum atomic E-state index is 11.8. The van der Waals surface area contributed by atoms with Gasteiger partial charge < -0.3 is 4.74 Å².